The van der Waals surface area contributed by atoms with Crippen LogP contribution in [-0.2, 0) is 16.0 Å². The van der Waals surface area contributed by atoms with Crippen molar-refractivity contribution in [1.82, 2.24) is 20.2 Å². The Morgan fingerprint density at radius 2 is 1.97 bits per heavy atom. The van der Waals surface area contributed by atoms with Crippen LogP contribution in [0.25, 0.3) is 16.9 Å². The van der Waals surface area contributed by atoms with E-state index in [1.54, 1.807) is 54.1 Å². The normalized spacial score (nSPS) is 15.5. The number of hydrogen-bond donors (Lipinski definition) is 1. The minimum Gasteiger partial charge on any atom is -0.497 e. The summed E-state index contributed by atoms with van der Waals surface area (Å²) in [5.41, 5.74) is 5.17. The Morgan fingerprint density at radius 3 is 2.63 bits per heavy atom. The number of ether oxygens (including phenoxy) is 2. The van der Waals surface area contributed by atoms with Crippen LogP contribution < -0.4 is 10.2 Å². The second-order valence-corrected chi connectivity index (χ2v) is 9.57. The summed E-state index contributed by atoms with van der Waals surface area (Å²) in [4.78, 5) is 25.8. The quantitative estimate of drug-likeness (QED) is 0.396. The summed E-state index contributed by atoms with van der Waals surface area (Å²) in [6.45, 7) is 2.97. The second kappa shape index (κ2) is 12.3. The van der Waals surface area contributed by atoms with Crippen molar-refractivity contribution in [3.05, 3.63) is 63.8 Å². The lowest BCUT2D eigenvalue weighted by Crippen LogP contribution is -2.49. The summed E-state index contributed by atoms with van der Waals surface area (Å²) < 4.78 is 12.0. The summed E-state index contributed by atoms with van der Waals surface area (Å²) in [6, 6.07) is 14.4. The summed E-state index contributed by atoms with van der Waals surface area (Å²) >= 11 is 12.7. The molecule has 11 heteroatoms. The monoisotopic (exact) mass is 555 g/mol. The van der Waals surface area contributed by atoms with Crippen LogP contribution in [0.1, 0.15) is 35.8 Å². The predicted molar refractivity (Wildman–Crippen MR) is 143 cm³/mol. The van der Waals surface area contributed by atoms with Gasteiger partial charge in [-0.15, -0.1) is 0 Å². The van der Waals surface area contributed by atoms with Gasteiger partial charge in [0.1, 0.15) is 5.75 Å². The zero-order valence-corrected chi connectivity index (χ0v) is 22.6. The number of aromatic nitrogens is 2. The third kappa shape index (κ3) is 5.94. The highest BCUT2D eigenvalue weighted by atomic mass is 35.5. The molecule has 1 amide bonds. The molecule has 1 atom stereocenters. The number of hydrogen-bond acceptors (Lipinski definition) is 7. The van der Waals surface area contributed by atoms with Crippen molar-refractivity contribution in [3.8, 4) is 28.8 Å². The van der Waals surface area contributed by atoms with Crippen LogP contribution in [0.3, 0.4) is 0 Å². The molecule has 1 unspecified atom stereocenters. The van der Waals surface area contributed by atoms with Crippen LogP contribution in [0.4, 0.5) is 0 Å². The van der Waals surface area contributed by atoms with Crippen LogP contribution in [0.15, 0.2) is 42.5 Å². The van der Waals surface area contributed by atoms with Gasteiger partial charge in [-0.25, -0.2) is 9.69 Å². The Balaban J connectivity index is 1.76. The molecule has 1 aliphatic heterocycles. The summed E-state index contributed by atoms with van der Waals surface area (Å²) in [5, 5.41) is 16.8. The number of piperidine rings is 1. The highest BCUT2D eigenvalue weighted by Crippen LogP contribution is 2.34. The van der Waals surface area contributed by atoms with Crippen molar-refractivity contribution in [2.75, 3.05) is 26.8 Å². The van der Waals surface area contributed by atoms with Crippen LogP contribution in [0, 0.1) is 17.2 Å². The minimum atomic E-state index is -0.488. The maximum absolute atomic E-state index is 13.6. The van der Waals surface area contributed by atoms with Gasteiger partial charge < -0.3 is 9.47 Å². The first-order valence-corrected chi connectivity index (χ1v) is 12.9. The van der Waals surface area contributed by atoms with Gasteiger partial charge in [-0.2, -0.15) is 10.4 Å². The number of esters is 1. The van der Waals surface area contributed by atoms with Crippen molar-refractivity contribution in [2.24, 2.45) is 5.92 Å². The van der Waals surface area contributed by atoms with Crippen molar-refractivity contribution in [1.29, 1.82) is 5.26 Å². The molecule has 0 bridgehead atoms. The molecule has 38 heavy (non-hydrogen) atoms. The molecule has 3 aromatic rings. The van der Waals surface area contributed by atoms with Gasteiger partial charge in [0.15, 0.2) is 5.69 Å². The molecule has 1 N–H and O–H groups in total. The van der Waals surface area contributed by atoms with Gasteiger partial charge in [0.2, 0.25) is 0 Å². The summed E-state index contributed by atoms with van der Waals surface area (Å²) in [5.74, 6) is -0.438. The third-order valence-electron chi connectivity index (χ3n) is 6.26. The second-order valence-electron chi connectivity index (χ2n) is 8.72. The number of nitrogens with one attached hydrogen (secondary N) is 1. The zero-order chi connectivity index (χ0) is 27.2. The van der Waals surface area contributed by atoms with Gasteiger partial charge in [-0.3, -0.25) is 15.0 Å². The Labute approximate surface area is 230 Å². The first-order valence-electron chi connectivity index (χ1n) is 12.2. The van der Waals surface area contributed by atoms with Crippen molar-refractivity contribution < 1.29 is 19.1 Å². The van der Waals surface area contributed by atoms with E-state index in [1.165, 1.54) is 0 Å². The Morgan fingerprint density at radius 1 is 1.21 bits per heavy atom. The van der Waals surface area contributed by atoms with E-state index in [4.69, 9.17) is 32.7 Å². The molecule has 2 aromatic carbocycles. The fourth-order valence-electron chi connectivity index (χ4n) is 4.48. The number of hydrazine groups is 1. The molecule has 1 aliphatic rings. The topological polar surface area (TPSA) is 109 Å². The van der Waals surface area contributed by atoms with Gasteiger partial charge in [-0.05, 0) is 62.2 Å². The number of methoxy groups -OCH3 is 1. The van der Waals surface area contributed by atoms with Crippen LogP contribution in [0.2, 0.25) is 10.0 Å². The Bertz CT molecular complexity index is 1370. The number of carbonyl (C=O) groups excluding carboxylic acids is 2. The number of halogens is 2. The van der Waals surface area contributed by atoms with Gasteiger partial charge in [-0.1, -0.05) is 23.2 Å². The smallest absolute Gasteiger partial charge is 0.310 e. The molecule has 198 valence electrons. The first-order chi connectivity index (χ1) is 18.4. The highest BCUT2D eigenvalue weighted by Gasteiger charge is 2.30. The Kier molecular flexibility index (Phi) is 8.89. The largest absolute Gasteiger partial charge is 0.497 e. The number of nitriles is 1. The zero-order valence-electron chi connectivity index (χ0n) is 21.0. The van der Waals surface area contributed by atoms with E-state index in [2.05, 4.69) is 16.6 Å². The van der Waals surface area contributed by atoms with E-state index < -0.39 is 5.91 Å². The van der Waals surface area contributed by atoms with E-state index in [9.17, 15) is 14.9 Å². The lowest BCUT2D eigenvalue weighted by Gasteiger charge is -2.31. The SMILES string of the molecule is CCOC(=O)C1CCCN(NC(=O)c2nn(-c3ccc(Cl)cc3Cl)c(-c3ccc(OC)cc3)c2CC#N)C1. The molecular formula is C27H27Cl2N5O4. The van der Waals surface area contributed by atoms with E-state index in [0.717, 1.165) is 6.42 Å². The number of benzene rings is 2. The molecule has 2 heterocycles. The molecule has 9 nitrogen and oxygen atoms in total. The van der Waals surface area contributed by atoms with Crippen LogP contribution in [0.5, 0.6) is 5.75 Å². The third-order valence-corrected chi connectivity index (χ3v) is 6.79. The molecule has 0 radical (unpaired) electrons. The van der Waals surface area contributed by atoms with Crippen LogP contribution >= 0.6 is 23.2 Å². The average Bonchev–Trinajstić information content (AvgIpc) is 3.28. The molecule has 0 spiro atoms. The van der Waals surface area contributed by atoms with Crippen molar-refractivity contribution >= 4 is 35.1 Å². The van der Waals surface area contributed by atoms with Crippen molar-refractivity contribution in [2.45, 2.75) is 26.2 Å². The standard InChI is InChI=1S/C27H27Cl2N5O4/c1-3-38-27(36)18-5-4-14-33(16-18)32-26(35)24-21(12-13-30)25(17-6-9-20(37-2)10-7-17)34(31-24)23-11-8-19(28)15-22(23)29/h6-11,15,18H,3-5,12,14,16H2,1-2H3,(H,32,35). The van der Waals surface area contributed by atoms with E-state index >= 15 is 0 Å². The molecule has 4 rings (SSSR count). The number of amides is 1. The minimum absolute atomic E-state index is 0.0687. The molecule has 0 saturated carbocycles. The van der Waals surface area contributed by atoms with E-state index in [1.807, 2.05) is 12.1 Å². The number of nitrogens with zero attached hydrogens (tertiary/aromatic N) is 4. The molecular weight excluding hydrogens is 529 g/mol. The van der Waals surface area contributed by atoms with Gasteiger partial charge in [0.05, 0.1) is 48.5 Å². The number of carbonyl (C=O) groups is 2. The van der Waals surface area contributed by atoms with Gasteiger partial charge >= 0.3 is 5.97 Å². The number of rotatable bonds is 8. The molecule has 1 aromatic heterocycles. The van der Waals surface area contributed by atoms with E-state index in [-0.39, 0.29) is 24.0 Å². The predicted octanol–water partition coefficient (Wildman–Crippen LogP) is 4.84. The average molecular weight is 556 g/mol. The fraction of sp³-hybridized carbons (Fsp3) is 0.333. The molecule has 1 saturated heterocycles. The maximum Gasteiger partial charge on any atom is 0.310 e. The molecule has 1 fully saturated rings. The fourth-order valence-corrected chi connectivity index (χ4v) is 4.97. The first kappa shape index (κ1) is 27.5. The van der Waals surface area contributed by atoms with Crippen molar-refractivity contribution in [3.63, 3.8) is 0 Å². The van der Waals surface area contributed by atoms with Gasteiger partial charge in [0.25, 0.3) is 5.91 Å². The van der Waals surface area contributed by atoms with Crippen LogP contribution in [-0.4, -0.2) is 53.5 Å². The maximum atomic E-state index is 13.6. The summed E-state index contributed by atoms with van der Waals surface area (Å²) in [6.07, 6.45) is 1.34. The Hall–Kier alpha value is -3.58. The lowest BCUT2D eigenvalue weighted by molar-refractivity contribution is -0.150. The van der Waals surface area contributed by atoms with E-state index in [0.29, 0.717) is 64.4 Å². The highest BCUT2D eigenvalue weighted by molar-refractivity contribution is 6.35. The summed E-state index contributed by atoms with van der Waals surface area (Å²) in [7, 11) is 1.57. The lowest BCUT2D eigenvalue weighted by atomic mass is 9.99. The molecule has 0 aliphatic carbocycles. The van der Waals surface area contributed by atoms with Gasteiger partial charge in [0, 0.05) is 29.2 Å².